The fourth-order valence-corrected chi connectivity index (χ4v) is 5.95. The summed E-state index contributed by atoms with van der Waals surface area (Å²) in [5.74, 6) is -0.286. The maximum absolute atomic E-state index is 13.2. The standard InChI is InChI=1S/C37H35N3O3/c38-35(22-25-10-2-1-3-11-25)36(41)40-29(21-26-18-19-27-12-4-5-13-28(27)20-26)23-39-37(42)43-24-34-32-16-8-6-14-30(32)31-15-7-9-17-33(31)34/h1-20,29,34-35H,21-24,38H2,(H,39,42)(H,40,41)/t29-,35+/m1/s1. The Kier molecular flexibility index (Phi) is 8.47. The highest BCUT2D eigenvalue weighted by Gasteiger charge is 2.29. The van der Waals surface area contributed by atoms with Gasteiger partial charge in [-0.3, -0.25) is 4.79 Å². The number of hydrogen-bond acceptors (Lipinski definition) is 4. The molecule has 6 rings (SSSR count). The lowest BCUT2D eigenvalue weighted by atomic mass is 9.98. The molecular weight excluding hydrogens is 534 g/mol. The average molecular weight is 570 g/mol. The molecule has 2 amide bonds. The van der Waals surface area contributed by atoms with Crippen LogP contribution in [0.4, 0.5) is 4.79 Å². The van der Waals surface area contributed by atoms with Crippen LogP contribution in [0.15, 0.2) is 121 Å². The van der Waals surface area contributed by atoms with E-state index in [4.69, 9.17) is 10.5 Å². The zero-order chi connectivity index (χ0) is 29.6. The zero-order valence-electron chi connectivity index (χ0n) is 23.9. The third-order valence-electron chi connectivity index (χ3n) is 8.11. The van der Waals surface area contributed by atoms with Gasteiger partial charge in [0.25, 0.3) is 0 Å². The van der Waals surface area contributed by atoms with Gasteiger partial charge in [-0.1, -0.05) is 121 Å². The van der Waals surface area contributed by atoms with Crippen molar-refractivity contribution in [1.82, 2.24) is 10.6 Å². The van der Waals surface area contributed by atoms with Crippen molar-refractivity contribution in [3.8, 4) is 11.1 Å². The predicted molar refractivity (Wildman–Crippen MR) is 171 cm³/mol. The van der Waals surface area contributed by atoms with Gasteiger partial charge in [-0.25, -0.2) is 4.79 Å². The third kappa shape index (κ3) is 6.60. The minimum Gasteiger partial charge on any atom is -0.449 e. The fraction of sp³-hybridized carbons (Fsp3) is 0.189. The zero-order valence-corrected chi connectivity index (χ0v) is 23.9. The van der Waals surface area contributed by atoms with Gasteiger partial charge >= 0.3 is 6.09 Å². The van der Waals surface area contributed by atoms with Gasteiger partial charge in [0.05, 0.1) is 12.1 Å². The molecule has 6 nitrogen and oxygen atoms in total. The molecule has 1 aliphatic rings. The lowest BCUT2D eigenvalue weighted by Gasteiger charge is -2.22. The molecule has 2 atom stereocenters. The van der Waals surface area contributed by atoms with Gasteiger partial charge in [-0.2, -0.15) is 0 Å². The monoisotopic (exact) mass is 569 g/mol. The fourth-order valence-electron chi connectivity index (χ4n) is 5.95. The molecule has 0 radical (unpaired) electrons. The van der Waals surface area contributed by atoms with E-state index in [1.807, 2.05) is 66.7 Å². The van der Waals surface area contributed by atoms with E-state index in [1.165, 1.54) is 11.1 Å². The number of nitrogens with one attached hydrogen (secondary N) is 2. The topological polar surface area (TPSA) is 93.5 Å². The van der Waals surface area contributed by atoms with E-state index in [0.29, 0.717) is 12.8 Å². The normalized spacial score (nSPS) is 13.5. The van der Waals surface area contributed by atoms with E-state index in [0.717, 1.165) is 33.0 Å². The molecule has 0 fully saturated rings. The maximum atomic E-state index is 13.2. The van der Waals surface area contributed by atoms with Crippen molar-refractivity contribution in [2.24, 2.45) is 5.73 Å². The van der Waals surface area contributed by atoms with Crippen LogP contribution in [0.2, 0.25) is 0 Å². The van der Waals surface area contributed by atoms with E-state index in [2.05, 4.69) is 65.2 Å². The lowest BCUT2D eigenvalue weighted by molar-refractivity contribution is -0.123. The number of carbonyl (C=O) groups is 2. The lowest BCUT2D eigenvalue weighted by Crippen LogP contribution is -2.51. The van der Waals surface area contributed by atoms with Crippen LogP contribution in [-0.4, -0.2) is 37.2 Å². The predicted octanol–water partition coefficient (Wildman–Crippen LogP) is 5.98. The van der Waals surface area contributed by atoms with Crippen LogP contribution in [0.1, 0.15) is 28.2 Å². The summed E-state index contributed by atoms with van der Waals surface area (Å²) < 4.78 is 5.74. The molecule has 216 valence electrons. The van der Waals surface area contributed by atoms with Crippen molar-refractivity contribution < 1.29 is 14.3 Å². The Morgan fingerprint density at radius 1 is 0.698 bits per heavy atom. The first-order valence-corrected chi connectivity index (χ1v) is 14.7. The van der Waals surface area contributed by atoms with Gasteiger partial charge in [0, 0.05) is 12.5 Å². The molecule has 4 N–H and O–H groups in total. The maximum Gasteiger partial charge on any atom is 0.407 e. The molecule has 6 heteroatoms. The number of alkyl carbamates (subject to hydrolysis) is 1. The minimum absolute atomic E-state index is 0.0257. The van der Waals surface area contributed by atoms with Gasteiger partial charge in [-0.15, -0.1) is 0 Å². The average Bonchev–Trinajstić information content (AvgIpc) is 3.36. The summed E-state index contributed by atoms with van der Waals surface area (Å²) in [6.45, 7) is 0.427. The minimum atomic E-state index is -0.712. The summed E-state index contributed by atoms with van der Waals surface area (Å²) in [5.41, 5.74) is 13.0. The van der Waals surface area contributed by atoms with E-state index < -0.39 is 12.1 Å². The molecule has 5 aromatic rings. The van der Waals surface area contributed by atoms with Crippen molar-refractivity contribution >= 4 is 22.8 Å². The Bertz CT molecular complexity index is 1690. The number of ether oxygens (including phenoxy) is 1. The largest absolute Gasteiger partial charge is 0.449 e. The van der Waals surface area contributed by atoms with Crippen LogP contribution in [0.5, 0.6) is 0 Å². The van der Waals surface area contributed by atoms with Gasteiger partial charge < -0.3 is 21.1 Å². The smallest absolute Gasteiger partial charge is 0.407 e. The SMILES string of the molecule is N[C@@H](Cc1ccccc1)C(=O)N[C@@H](CNC(=O)OCC1c2ccccc2-c2ccccc21)Cc1ccc2ccccc2c1. The summed E-state index contributed by atoms with van der Waals surface area (Å²) in [5, 5.41) is 8.23. The highest BCUT2D eigenvalue weighted by Crippen LogP contribution is 2.44. The van der Waals surface area contributed by atoms with Crippen molar-refractivity contribution in [2.75, 3.05) is 13.2 Å². The Balaban J connectivity index is 1.11. The van der Waals surface area contributed by atoms with E-state index in [9.17, 15) is 9.59 Å². The van der Waals surface area contributed by atoms with Crippen LogP contribution < -0.4 is 16.4 Å². The molecule has 0 heterocycles. The first-order valence-electron chi connectivity index (χ1n) is 14.7. The molecule has 0 aliphatic heterocycles. The second-order valence-corrected chi connectivity index (χ2v) is 11.1. The number of amides is 2. The van der Waals surface area contributed by atoms with Crippen LogP contribution in [0.3, 0.4) is 0 Å². The Hall–Kier alpha value is -4.94. The number of hydrogen-bond donors (Lipinski definition) is 3. The first kappa shape index (κ1) is 28.2. The second kappa shape index (κ2) is 12.9. The highest BCUT2D eigenvalue weighted by molar-refractivity contribution is 5.84. The van der Waals surface area contributed by atoms with Gasteiger partial charge in [0.1, 0.15) is 6.61 Å². The van der Waals surface area contributed by atoms with E-state index >= 15 is 0 Å². The Labute approximate surface area is 251 Å². The molecule has 0 spiro atoms. The summed E-state index contributed by atoms with van der Waals surface area (Å²) in [6.07, 6.45) is 0.432. The molecule has 0 saturated heterocycles. The number of benzene rings is 5. The molecule has 0 aromatic heterocycles. The summed E-state index contributed by atoms with van der Waals surface area (Å²) in [4.78, 5) is 26.1. The van der Waals surface area contributed by atoms with Crippen molar-refractivity contribution in [1.29, 1.82) is 0 Å². The molecular formula is C37H35N3O3. The highest BCUT2D eigenvalue weighted by atomic mass is 16.5. The number of rotatable bonds is 10. The van der Waals surface area contributed by atoms with Gasteiger partial charge in [0.2, 0.25) is 5.91 Å². The number of nitrogens with two attached hydrogens (primary N) is 1. The van der Waals surface area contributed by atoms with Crippen LogP contribution in [0, 0.1) is 0 Å². The Morgan fingerprint density at radius 2 is 1.33 bits per heavy atom. The van der Waals surface area contributed by atoms with E-state index in [1.54, 1.807) is 0 Å². The summed E-state index contributed by atoms with van der Waals surface area (Å²) in [7, 11) is 0. The summed E-state index contributed by atoms with van der Waals surface area (Å²) in [6, 6.07) is 39.5. The van der Waals surface area contributed by atoms with Crippen LogP contribution in [0.25, 0.3) is 21.9 Å². The molecule has 0 unspecified atom stereocenters. The molecule has 0 bridgehead atoms. The van der Waals surface area contributed by atoms with Crippen molar-refractivity contribution in [2.45, 2.75) is 30.8 Å². The molecule has 0 saturated carbocycles. The molecule has 5 aromatic carbocycles. The van der Waals surface area contributed by atoms with Crippen molar-refractivity contribution in [3.63, 3.8) is 0 Å². The van der Waals surface area contributed by atoms with Gasteiger partial charge in [0.15, 0.2) is 0 Å². The number of carbonyl (C=O) groups excluding carboxylic acids is 2. The van der Waals surface area contributed by atoms with E-state index in [-0.39, 0.29) is 31.0 Å². The third-order valence-corrected chi connectivity index (χ3v) is 8.11. The molecule has 1 aliphatic carbocycles. The van der Waals surface area contributed by atoms with Crippen LogP contribution in [-0.2, 0) is 22.4 Å². The number of fused-ring (bicyclic) bond motifs is 4. The van der Waals surface area contributed by atoms with Crippen LogP contribution >= 0.6 is 0 Å². The Morgan fingerprint density at radius 3 is 2.05 bits per heavy atom. The quantitative estimate of drug-likeness (QED) is 0.193. The van der Waals surface area contributed by atoms with Crippen molar-refractivity contribution in [3.05, 3.63) is 144 Å². The second-order valence-electron chi connectivity index (χ2n) is 11.1. The summed E-state index contributed by atoms with van der Waals surface area (Å²) >= 11 is 0. The molecule has 43 heavy (non-hydrogen) atoms. The first-order chi connectivity index (χ1) is 21.0. The van der Waals surface area contributed by atoms with Gasteiger partial charge in [-0.05, 0) is 57.0 Å².